The molecule has 0 bridgehead atoms. The largest absolute Gasteiger partial charge is 0.391 e. The van der Waals surface area contributed by atoms with E-state index in [-0.39, 0.29) is 17.9 Å². The SMILES string of the molecule is CCC1=NN(C2CCCCCC2O)C(=O)C1CCCN. The van der Waals surface area contributed by atoms with Gasteiger partial charge < -0.3 is 10.8 Å². The zero-order valence-electron chi connectivity index (χ0n) is 12.4. The lowest BCUT2D eigenvalue weighted by Gasteiger charge is -2.28. The lowest BCUT2D eigenvalue weighted by atomic mass is 9.95. The number of nitrogens with two attached hydrogens (primary N) is 1. The van der Waals surface area contributed by atoms with Crippen molar-refractivity contribution in [3.05, 3.63) is 0 Å². The molecule has 0 aromatic heterocycles. The number of rotatable bonds is 5. The van der Waals surface area contributed by atoms with Gasteiger partial charge in [-0.2, -0.15) is 5.10 Å². The quantitative estimate of drug-likeness (QED) is 0.752. The van der Waals surface area contributed by atoms with E-state index < -0.39 is 6.10 Å². The molecule has 5 nitrogen and oxygen atoms in total. The van der Waals surface area contributed by atoms with Gasteiger partial charge in [0.1, 0.15) is 0 Å². The van der Waals surface area contributed by atoms with Crippen LogP contribution in [0.2, 0.25) is 0 Å². The lowest BCUT2D eigenvalue weighted by molar-refractivity contribution is -0.136. The molecule has 0 aromatic rings. The summed E-state index contributed by atoms with van der Waals surface area (Å²) in [6.07, 6.45) is 6.86. The Labute approximate surface area is 121 Å². The van der Waals surface area contributed by atoms with Crippen LogP contribution in [0, 0.1) is 5.92 Å². The van der Waals surface area contributed by atoms with E-state index in [2.05, 4.69) is 5.10 Å². The number of amides is 1. The number of nitrogens with zero attached hydrogens (tertiary/aromatic N) is 2. The number of aliphatic hydroxyl groups excluding tert-OH is 1. The van der Waals surface area contributed by atoms with Crippen LogP contribution in [0.5, 0.6) is 0 Å². The Bertz CT molecular complexity index is 370. The van der Waals surface area contributed by atoms with Crippen LogP contribution in [0.25, 0.3) is 0 Å². The van der Waals surface area contributed by atoms with Crippen LogP contribution >= 0.6 is 0 Å². The molecule has 1 saturated carbocycles. The molecule has 1 aliphatic carbocycles. The van der Waals surface area contributed by atoms with Gasteiger partial charge in [0.05, 0.1) is 23.8 Å². The van der Waals surface area contributed by atoms with Crippen molar-refractivity contribution in [1.82, 2.24) is 5.01 Å². The fourth-order valence-corrected chi connectivity index (χ4v) is 3.28. The van der Waals surface area contributed by atoms with Crippen molar-refractivity contribution in [3.63, 3.8) is 0 Å². The molecule has 1 fully saturated rings. The molecule has 3 N–H and O–H groups in total. The van der Waals surface area contributed by atoms with Gasteiger partial charge in [0.2, 0.25) is 0 Å². The van der Waals surface area contributed by atoms with Gasteiger partial charge in [0, 0.05) is 0 Å². The van der Waals surface area contributed by atoms with Crippen LogP contribution in [-0.4, -0.2) is 40.4 Å². The van der Waals surface area contributed by atoms with Crippen molar-refractivity contribution >= 4 is 11.6 Å². The number of hydrogen-bond donors (Lipinski definition) is 2. The summed E-state index contributed by atoms with van der Waals surface area (Å²) < 4.78 is 0. The highest BCUT2D eigenvalue weighted by molar-refractivity contribution is 6.07. The third-order valence-electron chi connectivity index (χ3n) is 4.48. The highest BCUT2D eigenvalue weighted by Gasteiger charge is 2.40. The topological polar surface area (TPSA) is 78.9 Å². The van der Waals surface area contributed by atoms with E-state index in [9.17, 15) is 9.90 Å². The van der Waals surface area contributed by atoms with Crippen LogP contribution in [0.15, 0.2) is 5.10 Å². The van der Waals surface area contributed by atoms with Crippen molar-refractivity contribution < 1.29 is 9.90 Å². The highest BCUT2D eigenvalue weighted by atomic mass is 16.3. The fourth-order valence-electron chi connectivity index (χ4n) is 3.28. The minimum absolute atomic E-state index is 0.0706. The predicted molar refractivity (Wildman–Crippen MR) is 79.2 cm³/mol. The van der Waals surface area contributed by atoms with Gasteiger partial charge >= 0.3 is 0 Å². The molecule has 0 radical (unpaired) electrons. The van der Waals surface area contributed by atoms with E-state index in [1.54, 1.807) is 5.01 Å². The van der Waals surface area contributed by atoms with Crippen LogP contribution in [0.4, 0.5) is 0 Å². The van der Waals surface area contributed by atoms with Gasteiger partial charge in [-0.3, -0.25) is 4.79 Å². The standard InChI is InChI=1S/C15H27N3O2/c1-2-12-11(7-6-10-16)15(20)18(17-12)13-8-4-3-5-9-14(13)19/h11,13-14,19H,2-10,16H2,1H3. The summed E-state index contributed by atoms with van der Waals surface area (Å²) in [7, 11) is 0. The molecule has 1 aliphatic heterocycles. The minimum atomic E-state index is -0.434. The Hall–Kier alpha value is -0.940. The summed E-state index contributed by atoms with van der Waals surface area (Å²) in [5, 5.41) is 16.4. The molecular weight excluding hydrogens is 254 g/mol. The van der Waals surface area contributed by atoms with Gasteiger partial charge in [0.25, 0.3) is 5.91 Å². The maximum Gasteiger partial charge on any atom is 0.251 e. The average Bonchev–Trinajstić information content (AvgIpc) is 2.61. The normalized spacial score (nSPS) is 31.4. The third kappa shape index (κ3) is 3.20. The first-order valence-electron chi connectivity index (χ1n) is 7.97. The first kappa shape index (κ1) is 15.4. The first-order chi connectivity index (χ1) is 9.69. The Morgan fingerprint density at radius 3 is 2.80 bits per heavy atom. The monoisotopic (exact) mass is 281 g/mol. The number of hydrazone groups is 1. The maximum absolute atomic E-state index is 12.6. The summed E-state index contributed by atoms with van der Waals surface area (Å²) in [5.74, 6) is -0.0414. The van der Waals surface area contributed by atoms with Gasteiger partial charge in [-0.1, -0.05) is 26.2 Å². The molecule has 0 aromatic carbocycles. The van der Waals surface area contributed by atoms with Gasteiger partial charge in [-0.25, -0.2) is 5.01 Å². The maximum atomic E-state index is 12.6. The first-order valence-corrected chi connectivity index (χ1v) is 7.97. The number of hydrogen-bond acceptors (Lipinski definition) is 4. The van der Waals surface area contributed by atoms with Crippen LogP contribution in [-0.2, 0) is 4.79 Å². The average molecular weight is 281 g/mol. The fraction of sp³-hybridized carbons (Fsp3) is 0.867. The molecule has 0 saturated heterocycles. The van der Waals surface area contributed by atoms with Crippen LogP contribution in [0.3, 0.4) is 0 Å². The molecule has 114 valence electrons. The second-order valence-corrected chi connectivity index (χ2v) is 5.88. The smallest absolute Gasteiger partial charge is 0.251 e. The molecule has 1 amide bonds. The summed E-state index contributed by atoms with van der Waals surface area (Å²) in [6, 6.07) is -0.130. The van der Waals surface area contributed by atoms with Gasteiger partial charge in [-0.15, -0.1) is 0 Å². The molecule has 0 spiro atoms. The van der Waals surface area contributed by atoms with Gasteiger partial charge in [-0.05, 0) is 38.6 Å². The van der Waals surface area contributed by atoms with Crippen molar-refractivity contribution in [2.24, 2.45) is 16.8 Å². The van der Waals surface area contributed by atoms with Crippen LogP contribution in [0.1, 0.15) is 58.3 Å². The molecule has 3 atom stereocenters. The predicted octanol–water partition coefficient (Wildman–Crippen LogP) is 1.64. The van der Waals surface area contributed by atoms with E-state index in [0.717, 1.165) is 57.1 Å². The van der Waals surface area contributed by atoms with Crippen molar-refractivity contribution in [3.8, 4) is 0 Å². The number of carbonyl (C=O) groups excluding carboxylic acids is 1. The summed E-state index contributed by atoms with van der Waals surface area (Å²) in [5.41, 5.74) is 6.51. The summed E-state index contributed by atoms with van der Waals surface area (Å²) in [4.78, 5) is 12.6. The van der Waals surface area contributed by atoms with E-state index in [0.29, 0.717) is 6.54 Å². The molecule has 1 heterocycles. The zero-order chi connectivity index (χ0) is 14.5. The van der Waals surface area contributed by atoms with E-state index in [1.807, 2.05) is 6.92 Å². The zero-order valence-corrected chi connectivity index (χ0v) is 12.4. The van der Waals surface area contributed by atoms with Crippen LogP contribution < -0.4 is 5.73 Å². The minimum Gasteiger partial charge on any atom is -0.391 e. The van der Waals surface area contributed by atoms with Crippen molar-refractivity contribution in [2.75, 3.05) is 6.54 Å². The van der Waals surface area contributed by atoms with Gasteiger partial charge in [0.15, 0.2) is 0 Å². The van der Waals surface area contributed by atoms with Crippen molar-refractivity contribution in [2.45, 2.75) is 70.4 Å². The molecule has 2 rings (SSSR count). The molecular formula is C15H27N3O2. The third-order valence-corrected chi connectivity index (χ3v) is 4.48. The van der Waals surface area contributed by atoms with E-state index in [1.165, 1.54) is 0 Å². The lowest BCUT2D eigenvalue weighted by Crippen LogP contribution is -2.43. The van der Waals surface area contributed by atoms with E-state index in [4.69, 9.17) is 5.73 Å². The Kier molecular flexibility index (Phi) is 5.54. The summed E-state index contributed by atoms with van der Waals surface area (Å²) in [6.45, 7) is 2.64. The molecule has 2 aliphatic rings. The van der Waals surface area contributed by atoms with Crippen molar-refractivity contribution in [1.29, 1.82) is 0 Å². The molecule has 5 heteroatoms. The highest BCUT2D eigenvalue weighted by Crippen LogP contribution is 2.30. The number of carbonyl (C=O) groups is 1. The summed E-state index contributed by atoms with van der Waals surface area (Å²) >= 11 is 0. The number of aliphatic hydroxyl groups is 1. The second-order valence-electron chi connectivity index (χ2n) is 5.88. The Morgan fingerprint density at radius 1 is 1.35 bits per heavy atom. The second kappa shape index (κ2) is 7.18. The molecule has 20 heavy (non-hydrogen) atoms. The Balaban J connectivity index is 2.11. The van der Waals surface area contributed by atoms with E-state index >= 15 is 0 Å². The Morgan fingerprint density at radius 2 is 2.10 bits per heavy atom. The molecule has 3 unspecified atom stereocenters.